The number of anilines is 2. The molecule has 0 bridgehead atoms. The summed E-state index contributed by atoms with van der Waals surface area (Å²) in [6.07, 6.45) is 2.07. The van der Waals surface area contributed by atoms with E-state index in [1.54, 1.807) is 35.2 Å². The van der Waals surface area contributed by atoms with Gasteiger partial charge in [-0.3, -0.25) is 9.52 Å². The van der Waals surface area contributed by atoms with Crippen molar-refractivity contribution in [1.29, 1.82) is 0 Å². The molecule has 0 atom stereocenters. The van der Waals surface area contributed by atoms with Crippen LogP contribution in [0, 0.1) is 0 Å². The van der Waals surface area contributed by atoms with Crippen LogP contribution in [0.15, 0.2) is 64.1 Å². The van der Waals surface area contributed by atoms with Crippen LogP contribution in [-0.4, -0.2) is 35.1 Å². The highest BCUT2D eigenvalue weighted by molar-refractivity contribution is 7.92. The largest absolute Gasteiger partial charge is 0.493 e. The molecule has 0 fully saturated rings. The highest BCUT2D eigenvalue weighted by atomic mass is 32.2. The normalized spacial score (nSPS) is 13.1. The van der Waals surface area contributed by atoms with Crippen molar-refractivity contribution in [2.45, 2.75) is 11.3 Å². The van der Waals surface area contributed by atoms with E-state index in [9.17, 15) is 13.2 Å². The van der Waals surface area contributed by atoms with Crippen molar-refractivity contribution in [3.63, 3.8) is 0 Å². The maximum Gasteiger partial charge on any atom is 0.293 e. The van der Waals surface area contributed by atoms with Crippen molar-refractivity contribution in [1.82, 2.24) is 0 Å². The number of furan rings is 1. The fraction of sp³-hybridized carbons (Fsp3) is 0.190. The molecule has 1 amide bonds. The van der Waals surface area contributed by atoms with Crippen LogP contribution >= 0.6 is 0 Å². The second kappa shape index (κ2) is 7.75. The minimum absolute atomic E-state index is 0.0512. The van der Waals surface area contributed by atoms with Gasteiger partial charge in [-0.05, 0) is 54.4 Å². The number of methoxy groups -OCH3 is 2. The Morgan fingerprint density at radius 2 is 1.87 bits per heavy atom. The molecule has 1 aromatic heterocycles. The fourth-order valence-corrected chi connectivity index (χ4v) is 4.47. The molecule has 2 aromatic carbocycles. The quantitative estimate of drug-likeness (QED) is 0.647. The number of carbonyl (C=O) groups excluding carboxylic acids is 1. The van der Waals surface area contributed by atoms with Gasteiger partial charge in [0.25, 0.3) is 15.9 Å². The van der Waals surface area contributed by atoms with Gasteiger partial charge in [0.2, 0.25) is 0 Å². The summed E-state index contributed by atoms with van der Waals surface area (Å²) in [6.45, 7) is 0.501. The van der Waals surface area contributed by atoms with E-state index in [1.807, 2.05) is 0 Å². The average Bonchev–Trinajstić information content (AvgIpc) is 3.42. The minimum atomic E-state index is -3.83. The highest BCUT2D eigenvalue weighted by Gasteiger charge is 2.27. The van der Waals surface area contributed by atoms with Gasteiger partial charge in [-0.15, -0.1) is 0 Å². The molecule has 0 aliphatic carbocycles. The van der Waals surface area contributed by atoms with Gasteiger partial charge in [0.15, 0.2) is 17.3 Å². The molecule has 1 N–H and O–H groups in total. The lowest BCUT2D eigenvalue weighted by atomic mass is 10.1. The zero-order chi connectivity index (χ0) is 21.3. The second-order valence-corrected chi connectivity index (χ2v) is 8.33. The molecule has 0 unspecified atom stereocenters. The molecular weight excluding hydrogens is 408 g/mol. The number of hydrogen-bond donors (Lipinski definition) is 1. The first kappa shape index (κ1) is 19.8. The molecular formula is C21H20N2O6S. The van der Waals surface area contributed by atoms with E-state index in [1.165, 1.54) is 38.7 Å². The summed E-state index contributed by atoms with van der Waals surface area (Å²) in [6, 6.07) is 12.8. The highest BCUT2D eigenvalue weighted by Crippen LogP contribution is 2.33. The Bertz CT molecular complexity index is 1190. The third kappa shape index (κ3) is 3.59. The number of benzene rings is 2. The number of nitrogens with zero attached hydrogens (tertiary/aromatic N) is 1. The molecule has 0 radical (unpaired) electrons. The summed E-state index contributed by atoms with van der Waals surface area (Å²) in [5.41, 5.74) is 2.03. The average molecular weight is 428 g/mol. The lowest BCUT2D eigenvalue weighted by molar-refractivity contribution is 0.0963. The van der Waals surface area contributed by atoms with E-state index in [4.69, 9.17) is 13.9 Å². The number of rotatable bonds is 6. The molecule has 0 spiro atoms. The predicted octanol–water partition coefficient (Wildman–Crippen LogP) is 3.30. The molecule has 1 aliphatic rings. The molecule has 3 aromatic rings. The van der Waals surface area contributed by atoms with Crippen molar-refractivity contribution in [3.05, 3.63) is 66.1 Å². The van der Waals surface area contributed by atoms with Crippen LogP contribution in [0.25, 0.3) is 0 Å². The van der Waals surface area contributed by atoms with Crippen molar-refractivity contribution >= 4 is 27.3 Å². The lowest BCUT2D eigenvalue weighted by Crippen LogP contribution is -2.28. The second-order valence-electron chi connectivity index (χ2n) is 6.65. The smallest absolute Gasteiger partial charge is 0.293 e. The monoisotopic (exact) mass is 428 g/mol. The molecule has 9 heteroatoms. The van der Waals surface area contributed by atoms with E-state index >= 15 is 0 Å². The maximum atomic E-state index is 12.8. The van der Waals surface area contributed by atoms with Gasteiger partial charge in [0.1, 0.15) is 0 Å². The SMILES string of the molecule is COc1ccc(S(=O)(=O)Nc2ccc3c(c2)CCN3C(=O)c2ccco2)cc1OC. The molecule has 8 nitrogen and oxygen atoms in total. The van der Waals surface area contributed by atoms with Crippen LogP contribution in [0.4, 0.5) is 11.4 Å². The summed E-state index contributed by atoms with van der Waals surface area (Å²) in [7, 11) is -0.911. The lowest BCUT2D eigenvalue weighted by Gasteiger charge is -2.16. The topological polar surface area (TPSA) is 98.1 Å². The van der Waals surface area contributed by atoms with Crippen molar-refractivity contribution in [3.8, 4) is 11.5 Å². The van der Waals surface area contributed by atoms with Crippen LogP contribution in [-0.2, 0) is 16.4 Å². The van der Waals surface area contributed by atoms with E-state index in [2.05, 4.69) is 4.72 Å². The third-order valence-corrected chi connectivity index (χ3v) is 6.25. The van der Waals surface area contributed by atoms with E-state index in [-0.39, 0.29) is 16.6 Å². The van der Waals surface area contributed by atoms with Gasteiger partial charge in [-0.25, -0.2) is 8.42 Å². The first-order valence-corrected chi connectivity index (χ1v) is 10.6. The molecule has 4 rings (SSSR count). The van der Waals surface area contributed by atoms with Gasteiger partial charge < -0.3 is 18.8 Å². The summed E-state index contributed by atoms with van der Waals surface area (Å²) >= 11 is 0. The van der Waals surface area contributed by atoms with Crippen LogP contribution < -0.4 is 19.1 Å². The van der Waals surface area contributed by atoms with Gasteiger partial charge in [0.05, 0.1) is 25.4 Å². The van der Waals surface area contributed by atoms with Crippen LogP contribution in [0.3, 0.4) is 0 Å². The number of ether oxygens (including phenoxy) is 2. The zero-order valence-electron chi connectivity index (χ0n) is 16.4. The molecule has 0 saturated carbocycles. The molecule has 1 aliphatic heterocycles. The Kier molecular flexibility index (Phi) is 5.13. The number of sulfonamides is 1. The molecule has 30 heavy (non-hydrogen) atoms. The minimum Gasteiger partial charge on any atom is -0.493 e. The van der Waals surface area contributed by atoms with Crippen molar-refractivity contribution in [2.24, 2.45) is 0 Å². The van der Waals surface area contributed by atoms with Gasteiger partial charge in [-0.2, -0.15) is 0 Å². The van der Waals surface area contributed by atoms with E-state index < -0.39 is 10.0 Å². The Morgan fingerprint density at radius 3 is 2.57 bits per heavy atom. The van der Waals surface area contributed by atoms with Crippen molar-refractivity contribution < 1.29 is 27.1 Å². The Morgan fingerprint density at radius 1 is 1.07 bits per heavy atom. The van der Waals surface area contributed by atoms with Crippen LogP contribution in [0.2, 0.25) is 0 Å². The number of carbonyl (C=O) groups is 1. The Labute approximate surface area is 174 Å². The summed E-state index contributed by atoms with van der Waals surface area (Å²) in [5.74, 6) is 0.801. The van der Waals surface area contributed by atoms with Crippen LogP contribution in [0.1, 0.15) is 16.1 Å². The van der Waals surface area contributed by atoms with E-state index in [0.29, 0.717) is 30.2 Å². The van der Waals surface area contributed by atoms with Gasteiger partial charge in [0, 0.05) is 24.0 Å². The Balaban J connectivity index is 1.57. The van der Waals surface area contributed by atoms with Crippen LogP contribution in [0.5, 0.6) is 11.5 Å². The summed E-state index contributed by atoms with van der Waals surface area (Å²) in [5, 5.41) is 0. The Hall–Kier alpha value is -3.46. The summed E-state index contributed by atoms with van der Waals surface area (Å²) < 4.78 is 43.7. The predicted molar refractivity (Wildman–Crippen MR) is 111 cm³/mol. The van der Waals surface area contributed by atoms with E-state index in [0.717, 1.165) is 11.3 Å². The zero-order valence-corrected chi connectivity index (χ0v) is 17.2. The number of nitrogens with one attached hydrogen (secondary N) is 1. The molecule has 0 saturated heterocycles. The fourth-order valence-electron chi connectivity index (χ4n) is 3.41. The van der Waals surface area contributed by atoms with Gasteiger partial charge >= 0.3 is 0 Å². The third-order valence-electron chi connectivity index (χ3n) is 4.87. The standard InChI is InChI=1S/C21H20N2O6S/c1-27-18-8-6-16(13-20(18)28-2)30(25,26)22-15-5-7-17-14(12-15)9-10-23(17)21(24)19-4-3-11-29-19/h3-8,11-13,22H,9-10H2,1-2H3. The molecule has 156 valence electrons. The van der Waals surface area contributed by atoms with Gasteiger partial charge in [-0.1, -0.05) is 0 Å². The summed E-state index contributed by atoms with van der Waals surface area (Å²) in [4.78, 5) is 14.3. The number of fused-ring (bicyclic) bond motifs is 1. The number of hydrogen-bond acceptors (Lipinski definition) is 6. The van der Waals surface area contributed by atoms with Crippen molar-refractivity contribution in [2.75, 3.05) is 30.4 Å². The first-order chi connectivity index (χ1) is 14.4. The molecule has 2 heterocycles. The number of amides is 1. The first-order valence-electron chi connectivity index (χ1n) is 9.16. The maximum absolute atomic E-state index is 12.8.